The predicted molar refractivity (Wildman–Crippen MR) is 131 cm³/mol. The second kappa shape index (κ2) is 9.28. The van der Waals surface area contributed by atoms with Crippen LogP contribution in [0.2, 0.25) is 5.02 Å². The molecule has 0 aromatic heterocycles. The third-order valence-corrected chi connectivity index (χ3v) is 8.39. The van der Waals surface area contributed by atoms with Crippen LogP contribution in [-0.2, 0) is 16.0 Å². The third-order valence-electron chi connectivity index (χ3n) is 6.98. The van der Waals surface area contributed by atoms with Crippen molar-refractivity contribution >= 4 is 29.3 Å². The first-order chi connectivity index (χ1) is 15.2. The third kappa shape index (κ3) is 4.95. The van der Waals surface area contributed by atoms with Crippen LogP contribution in [0.5, 0.6) is 5.75 Å². The summed E-state index contributed by atoms with van der Waals surface area (Å²) >= 11 is 8.07. The molecule has 2 aromatic carbocycles. The maximum absolute atomic E-state index is 11.8. The van der Waals surface area contributed by atoms with Gasteiger partial charge in [0.05, 0.1) is 12.5 Å². The molecule has 2 aromatic rings. The summed E-state index contributed by atoms with van der Waals surface area (Å²) < 4.78 is 6.16. The molecule has 0 saturated carbocycles. The number of carboxylic acids is 1. The lowest BCUT2D eigenvalue weighted by Crippen LogP contribution is -2.47. The average molecular weight is 474 g/mol. The smallest absolute Gasteiger partial charge is 0.308 e. The number of hydrogen-bond donors (Lipinski definition) is 1. The second-order valence-corrected chi connectivity index (χ2v) is 11.6. The quantitative estimate of drug-likeness (QED) is 0.513. The van der Waals surface area contributed by atoms with Gasteiger partial charge in [-0.05, 0) is 55.1 Å². The van der Waals surface area contributed by atoms with Crippen LogP contribution in [-0.4, -0.2) is 42.2 Å². The molecule has 172 valence electrons. The fraction of sp³-hybridized carbons (Fsp3) is 0.500. The van der Waals surface area contributed by atoms with E-state index in [0.29, 0.717) is 6.54 Å². The highest BCUT2D eigenvalue weighted by Gasteiger charge is 2.44. The van der Waals surface area contributed by atoms with E-state index >= 15 is 0 Å². The molecule has 4 nitrogen and oxygen atoms in total. The van der Waals surface area contributed by atoms with Gasteiger partial charge < -0.3 is 14.7 Å². The van der Waals surface area contributed by atoms with Crippen LogP contribution in [0.4, 0.5) is 0 Å². The summed E-state index contributed by atoms with van der Waals surface area (Å²) in [6.45, 7) is 9.19. The van der Waals surface area contributed by atoms with Crippen molar-refractivity contribution in [2.75, 3.05) is 26.2 Å². The van der Waals surface area contributed by atoms with Gasteiger partial charge in [0.15, 0.2) is 0 Å². The minimum atomic E-state index is -0.700. The second-order valence-electron chi connectivity index (χ2n) is 10.2. The van der Waals surface area contributed by atoms with Crippen LogP contribution in [0.25, 0.3) is 0 Å². The van der Waals surface area contributed by atoms with E-state index in [2.05, 4.69) is 29.2 Å². The number of rotatable bonds is 6. The van der Waals surface area contributed by atoms with Crippen molar-refractivity contribution in [1.82, 2.24) is 4.90 Å². The molecule has 2 aliphatic heterocycles. The first-order valence-electron chi connectivity index (χ1n) is 11.3. The van der Waals surface area contributed by atoms with Gasteiger partial charge in [0, 0.05) is 33.2 Å². The standard InChI is InChI=1S/C26H32ClNO3S/c1-25(2,3)21(24(29)30)15-28-12-10-26(11-13-28)17-31-23-14-19(8-9-20(23)26)32-16-18-6-4-5-7-22(18)27/h4-9,14,21H,10-13,15-17H2,1-3H3,(H,29,30). The lowest BCUT2D eigenvalue weighted by atomic mass is 9.73. The molecule has 32 heavy (non-hydrogen) atoms. The summed E-state index contributed by atoms with van der Waals surface area (Å²) in [5.41, 5.74) is 2.25. The summed E-state index contributed by atoms with van der Waals surface area (Å²) in [5, 5.41) is 10.5. The van der Waals surface area contributed by atoms with E-state index < -0.39 is 5.97 Å². The molecule has 1 unspecified atom stereocenters. The van der Waals surface area contributed by atoms with Gasteiger partial charge in [0.2, 0.25) is 0 Å². The fourth-order valence-corrected chi connectivity index (χ4v) is 5.99. The Labute approximate surface area is 200 Å². The van der Waals surface area contributed by atoms with Crippen LogP contribution in [0.15, 0.2) is 47.4 Å². The van der Waals surface area contributed by atoms with E-state index in [0.717, 1.165) is 54.6 Å². The fourth-order valence-electron chi connectivity index (χ4n) is 4.78. The van der Waals surface area contributed by atoms with Crippen molar-refractivity contribution in [3.8, 4) is 5.75 Å². The molecular formula is C26H32ClNO3S. The number of likely N-dealkylation sites (tertiary alicyclic amines) is 1. The number of aliphatic carboxylic acids is 1. The van der Waals surface area contributed by atoms with E-state index in [9.17, 15) is 9.90 Å². The van der Waals surface area contributed by atoms with E-state index in [4.69, 9.17) is 16.3 Å². The van der Waals surface area contributed by atoms with Crippen molar-refractivity contribution in [2.45, 2.75) is 49.7 Å². The first kappa shape index (κ1) is 23.5. The summed E-state index contributed by atoms with van der Waals surface area (Å²) in [4.78, 5) is 15.3. The Morgan fingerprint density at radius 2 is 1.94 bits per heavy atom. The highest BCUT2D eigenvalue weighted by molar-refractivity contribution is 7.98. The van der Waals surface area contributed by atoms with E-state index in [1.54, 1.807) is 11.8 Å². The Hall–Kier alpha value is -1.69. The Bertz CT molecular complexity index is 979. The van der Waals surface area contributed by atoms with Gasteiger partial charge in [-0.2, -0.15) is 0 Å². The van der Waals surface area contributed by atoms with Crippen LogP contribution >= 0.6 is 23.4 Å². The molecule has 0 bridgehead atoms. The van der Waals surface area contributed by atoms with E-state index in [1.165, 1.54) is 10.5 Å². The van der Waals surface area contributed by atoms with Gasteiger partial charge in [0.1, 0.15) is 5.75 Å². The van der Waals surface area contributed by atoms with Gasteiger partial charge in [-0.25, -0.2) is 0 Å². The summed E-state index contributed by atoms with van der Waals surface area (Å²) in [6, 6.07) is 14.6. The van der Waals surface area contributed by atoms with Crippen molar-refractivity contribution in [2.24, 2.45) is 11.3 Å². The number of halogens is 1. The molecule has 2 aliphatic rings. The highest BCUT2D eigenvalue weighted by atomic mass is 35.5. The molecule has 0 radical (unpaired) electrons. The van der Waals surface area contributed by atoms with Crippen molar-refractivity contribution in [1.29, 1.82) is 0 Å². The van der Waals surface area contributed by atoms with E-state index in [-0.39, 0.29) is 16.7 Å². The van der Waals surface area contributed by atoms with Gasteiger partial charge >= 0.3 is 5.97 Å². The van der Waals surface area contributed by atoms with Crippen LogP contribution in [0.1, 0.15) is 44.7 Å². The molecule has 1 saturated heterocycles. The Balaban J connectivity index is 1.39. The summed E-state index contributed by atoms with van der Waals surface area (Å²) in [5.74, 6) is 0.771. The molecule has 4 rings (SSSR count). The Morgan fingerprint density at radius 1 is 1.22 bits per heavy atom. The van der Waals surface area contributed by atoms with E-state index in [1.807, 2.05) is 39.0 Å². The molecule has 2 heterocycles. The number of ether oxygens (including phenoxy) is 1. The van der Waals surface area contributed by atoms with Crippen molar-refractivity contribution in [3.05, 3.63) is 58.6 Å². The predicted octanol–water partition coefficient (Wildman–Crippen LogP) is 6.11. The minimum absolute atomic E-state index is 0.0538. The normalized spacial score (nSPS) is 18.9. The number of thioether (sulfide) groups is 1. The molecule has 1 N–H and O–H groups in total. The molecule has 1 spiro atoms. The zero-order valence-corrected chi connectivity index (χ0v) is 20.6. The van der Waals surface area contributed by atoms with Gasteiger partial charge in [-0.15, -0.1) is 11.8 Å². The number of benzene rings is 2. The number of fused-ring (bicyclic) bond motifs is 2. The topological polar surface area (TPSA) is 49.8 Å². The lowest BCUT2D eigenvalue weighted by molar-refractivity contribution is -0.146. The van der Waals surface area contributed by atoms with Crippen LogP contribution in [0, 0.1) is 11.3 Å². The zero-order valence-electron chi connectivity index (χ0n) is 19.1. The number of hydrogen-bond acceptors (Lipinski definition) is 4. The maximum atomic E-state index is 11.8. The van der Waals surface area contributed by atoms with Gasteiger partial charge in [-0.3, -0.25) is 4.79 Å². The Kier molecular flexibility index (Phi) is 6.81. The molecule has 0 aliphatic carbocycles. The van der Waals surface area contributed by atoms with Crippen LogP contribution in [0.3, 0.4) is 0 Å². The molecular weight excluding hydrogens is 442 g/mol. The molecule has 0 amide bonds. The zero-order chi connectivity index (χ0) is 22.9. The number of carboxylic acid groups (broad SMARTS) is 1. The maximum Gasteiger partial charge on any atom is 0.308 e. The first-order valence-corrected chi connectivity index (χ1v) is 12.6. The van der Waals surface area contributed by atoms with Crippen molar-refractivity contribution in [3.63, 3.8) is 0 Å². The monoisotopic (exact) mass is 473 g/mol. The SMILES string of the molecule is CC(C)(C)C(CN1CCC2(CC1)COc1cc(SCc3ccccc3Cl)ccc12)C(=O)O. The summed E-state index contributed by atoms with van der Waals surface area (Å²) in [7, 11) is 0. The number of piperidine rings is 1. The minimum Gasteiger partial charge on any atom is -0.492 e. The number of nitrogens with zero attached hydrogens (tertiary/aromatic N) is 1. The average Bonchev–Trinajstić information content (AvgIpc) is 3.09. The largest absolute Gasteiger partial charge is 0.492 e. The Morgan fingerprint density at radius 3 is 2.59 bits per heavy atom. The van der Waals surface area contributed by atoms with Gasteiger partial charge in [0.25, 0.3) is 0 Å². The molecule has 6 heteroatoms. The van der Waals surface area contributed by atoms with Crippen LogP contribution < -0.4 is 4.74 Å². The molecule has 1 atom stereocenters. The number of carbonyl (C=O) groups is 1. The van der Waals surface area contributed by atoms with Gasteiger partial charge in [-0.1, -0.05) is 56.6 Å². The van der Waals surface area contributed by atoms with Crippen molar-refractivity contribution < 1.29 is 14.6 Å². The molecule has 1 fully saturated rings. The highest BCUT2D eigenvalue weighted by Crippen LogP contribution is 2.47. The summed E-state index contributed by atoms with van der Waals surface area (Å²) in [6.07, 6.45) is 2.01. The lowest BCUT2D eigenvalue weighted by Gasteiger charge is -2.41.